The number of allylic oxidation sites excluding steroid dienone is 1. The number of ketones is 1. The summed E-state index contributed by atoms with van der Waals surface area (Å²) < 4.78 is 0. The van der Waals surface area contributed by atoms with Crippen molar-refractivity contribution in [2.45, 2.75) is 37.8 Å². The smallest absolute Gasteiger partial charge is 0.241 e. The van der Waals surface area contributed by atoms with E-state index in [0.29, 0.717) is 30.8 Å². The van der Waals surface area contributed by atoms with E-state index in [1.165, 1.54) is 5.56 Å². The van der Waals surface area contributed by atoms with Gasteiger partial charge in [0, 0.05) is 24.4 Å². The third kappa shape index (κ3) is 3.39. The average Bonchev–Trinajstić information content (AvgIpc) is 3.37. The second-order valence-electron chi connectivity index (χ2n) is 7.50. The molecule has 0 spiro atoms. The molecule has 27 heavy (non-hydrogen) atoms. The second-order valence-corrected chi connectivity index (χ2v) is 8.03. The Labute approximate surface area is 163 Å². The van der Waals surface area contributed by atoms with Crippen LogP contribution in [0.15, 0.2) is 29.8 Å². The molecule has 0 bridgehead atoms. The molecule has 2 heterocycles. The van der Waals surface area contributed by atoms with Crippen LogP contribution in [0.25, 0.3) is 6.08 Å². The number of carbonyl (C=O) groups excluding carboxylic acids is 3. The van der Waals surface area contributed by atoms with E-state index in [1.54, 1.807) is 4.90 Å². The van der Waals surface area contributed by atoms with Gasteiger partial charge in [-0.1, -0.05) is 48.1 Å². The number of amides is 1. The van der Waals surface area contributed by atoms with E-state index in [1.807, 2.05) is 18.2 Å². The molecule has 6 heteroatoms. The number of fused-ring (bicyclic) bond motifs is 1. The van der Waals surface area contributed by atoms with Crippen molar-refractivity contribution in [3.05, 3.63) is 41.0 Å². The van der Waals surface area contributed by atoms with Gasteiger partial charge in [-0.05, 0) is 30.4 Å². The van der Waals surface area contributed by atoms with Gasteiger partial charge in [-0.25, -0.2) is 0 Å². The summed E-state index contributed by atoms with van der Waals surface area (Å²) in [6.07, 6.45) is 5.48. The standard InChI is InChI=1S/C21H22N2O3S/c24-12-16-6-3-7-23(16)21(26)20-19(18(27)11-22-20)17(25)10-13-8-14-4-1-2-5-15(14)9-13/h1-2,4-5,8,12,16,19-20,22H,3,6-7,9-11H2/t16-,19?,20-/m0/s1. The number of benzene rings is 1. The van der Waals surface area contributed by atoms with Crippen molar-refractivity contribution in [2.75, 3.05) is 13.1 Å². The van der Waals surface area contributed by atoms with Crippen LogP contribution in [0.4, 0.5) is 0 Å². The predicted molar refractivity (Wildman–Crippen MR) is 106 cm³/mol. The maximum absolute atomic E-state index is 13.0. The number of hydrogen-bond acceptors (Lipinski definition) is 5. The summed E-state index contributed by atoms with van der Waals surface area (Å²) in [5, 5.41) is 3.11. The predicted octanol–water partition coefficient (Wildman–Crippen LogP) is 1.73. The van der Waals surface area contributed by atoms with Gasteiger partial charge in [0.05, 0.1) is 12.0 Å². The lowest BCUT2D eigenvalue weighted by Gasteiger charge is -2.26. The molecule has 4 rings (SSSR count). The van der Waals surface area contributed by atoms with Gasteiger partial charge in [-0.15, -0.1) is 0 Å². The molecule has 0 radical (unpaired) electrons. The minimum atomic E-state index is -0.644. The summed E-state index contributed by atoms with van der Waals surface area (Å²) in [7, 11) is 0. The van der Waals surface area contributed by atoms with E-state index in [-0.39, 0.29) is 17.7 Å². The zero-order valence-corrected chi connectivity index (χ0v) is 15.8. The van der Waals surface area contributed by atoms with Crippen molar-refractivity contribution in [3.8, 4) is 0 Å². The minimum absolute atomic E-state index is 0.00995. The summed E-state index contributed by atoms with van der Waals surface area (Å²) in [6.45, 7) is 0.954. The molecule has 2 saturated heterocycles. The van der Waals surface area contributed by atoms with Crippen molar-refractivity contribution in [1.82, 2.24) is 10.2 Å². The van der Waals surface area contributed by atoms with Crippen molar-refractivity contribution >= 4 is 41.1 Å². The van der Waals surface area contributed by atoms with Crippen LogP contribution in [-0.4, -0.2) is 52.9 Å². The molecule has 0 aromatic heterocycles. The van der Waals surface area contributed by atoms with Gasteiger partial charge < -0.3 is 15.0 Å². The first-order chi connectivity index (χ1) is 13.1. The Morgan fingerprint density at radius 3 is 2.89 bits per heavy atom. The number of thiocarbonyl (C=S) groups is 1. The summed E-state index contributed by atoms with van der Waals surface area (Å²) in [6, 6.07) is 7.09. The lowest BCUT2D eigenvalue weighted by atomic mass is 9.90. The zero-order chi connectivity index (χ0) is 19.0. The number of aldehydes is 1. The van der Waals surface area contributed by atoms with Crippen LogP contribution in [0.1, 0.15) is 30.4 Å². The highest BCUT2D eigenvalue weighted by atomic mass is 32.1. The van der Waals surface area contributed by atoms with E-state index in [2.05, 4.69) is 17.5 Å². The molecule has 140 valence electrons. The van der Waals surface area contributed by atoms with Crippen LogP contribution >= 0.6 is 12.2 Å². The van der Waals surface area contributed by atoms with Crippen molar-refractivity contribution in [3.63, 3.8) is 0 Å². The third-order valence-electron chi connectivity index (χ3n) is 5.76. The molecule has 1 aromatic rings. The van der Waals surface area contributed by atoms with Crippen LogP contribution in [0.3, 0.4) is 0 Å². The van der Waals surface area contributed by atoms with E-state index in [0.717, 1.165) is 30.3 Å². The van der Waals surface area contributed by atoms with Crippen LogP contribution in [0, 0.1) is 5.92 Å². The van der Waals surface area contributed by atoms with Crippen molar-refractivity contribution in [1.29, 1.82) is 0 Å². The molecule has 1 aromatic carbocycles. The fourth-order valence-electron chi connectivity index (χ4n) is 4.40. The fourth-order valence-corrected chi connectivity index (χ4v) is 4.76. The molecule has 5 nitrogen and oxygen atoms in total. The van der Waals surface area contributed by atoms with E-state index < -0.39 is 12.0 Å². The minimum Gasteiger partial charge on any atom is -0.332 e. The molecule has 1 unspecified atom stereocenters. The Hall–Kier alpha value is -2.18. The maximum Gasteiger partial charge on any atom is 0.241 e. The largest absolute Gasteiger partial charge is 0.332 e. The lowest BCUT2D eigenvalue weighted by Crippen LogP contribution is -2.50. The molecule has 2 aliphatic heterocycles. The van der Waals surface area contributed by atoms with Gasteiger partial charge in [0.25, 0.3) is 0 Å². The highest BCUT2D eigenvalue weighted by molar-refractivity contribution is 7.80. The lowest BCUT2D eigenvalue weighted by molar-refractivity contribution is -0.138. The van der Waals surface area contributed by atoms with Crippen molar-refractivity contribution < 1.29 is 14.4 Å². The van der Waals surface area contributed by atoms with Gasteiger partial charge in [0.15, 0.2) is 0 Å². The summed E-state index contributed by atoms with van der Waals surface area (Å²) in [5.41, 5.74) is 3.45. The van der Waals surface area contributed by atoms with E-state index in [9.17, 15) is 14.4 Å². The molecule has 2 fully saturated rings. The molecule has 1 aliphatic carbocycles. The number of nitrogens with one attached hydrogen (secondary N) is 1. The summed E-state index contributed by atoms with van der Waals surface area (Å²) in [4.78, 5) is 39.4. The van der Waals surface area contributed by atoms with Crippen molar-refractivity contribution in [2.24, 2.45) is 5.92 Å². The molecule has 3 aliphatic rings. The van der Waals surface area contributed by atoms with Gasteiger partial charge in [-0.2, -0.15) is 0 Å². The number of carbonyl (C=O) groups is 3. The normalized spacial score (nSPS) is 26.8. The monoisotopic (exact) mass is 382 g/mol. The van der Waals surface area contributed by atoms with Gasteiger partial charge >= 0.3 is 0 Å². The quantitative estimate of drug-likeness (QED) is 0.621. The maximum atomic E-state index is 13.0. The fraction of sp³-hybridized carbons (Fsp3) is 0.429. The molecule has 0 saturated carbocycles. The third-order valence-corrected chi connectivity index (χ3v) is 6.16. The Morgan fingerprint density at radius 1 is 1.30 bits per heavy atom. The highest BCUT2D eigenvalue weighted by Gasteiger charge is 2.44. The number of hydrogen-bond donors (Lipinski definition) is 1. The number of nitrogens with zero attached hydrogens (tertiary/aromatic N) is 1. The van der Waals surface area contributed by atoms with Crippen LogP contribution in [0.5, 0.6) is 0 Å². The van der Waals surface area contributed by atoms with Crippen LogP contribution < -0.4 is 5.32 Å². The van der Waals surface area contributed by atoms with E-state index >= 15 is 0 Å². The Kier molecular flexibility index (Phi) is 5.02. The Bertz CT molecular complexity index is 848. The molecular formula is C21H22N2O3S. The Morgan fingerprint density at radius 2 is 2.11 bits per heavy atom. The second kappa shape index (κ2) is 7.44. The highest BCUT2D eigenvalue weighted by Crippen LogP contribution is 2.29. The summed E-state index contributed by atoms with van der Waals surface area (Å²) >= 11 is 5.41. The first-order valence-electron chi connectivity index (χ1n) is 9.40. The topological polar surface area (TPSA) is 66.5 Å². The van der Waals surface area contributed by atoms with Gasteiger partial charge in [-0.3, -0.25) is 9.59 Å². The molecular weight excluding hydrogens is 360 g/mol. The zero-order valence-electron chi connectivity index (χ0n) is 15.0. The van der Waals surface area contributed by atoms with Gasteiger partial charge in [0.2, 0.25) is 5.91 Å². The average molecular weight is 382 g/mol. The summed E-state index contributed by atoms with van der Waals surface area (Å²) in [5.74, 6) is -0.777. The SMILES string of the molecule is O=C[C@@H]1CCCN1C(=O)[C@H]1NCC(=S)C1C(=O)CC1=Cc2ccccc2C1. The van der Waals surface area contributed by atoms with E-state index in [4.69, 9.17) is 12.2 Å². The molecule has 1 amide bonds. The first kappa shape index (κ1) is 18.2. The number of Topliss-reactive ketones (excluding diaryl/α,β-unsaturated/α-hetero) is 1. The van der Waals surface area contributed by atoms with Gasteiger partial charge in [0.1, 0.15) is 18.1 Å². The first-order valence-corrected chi connectivity index (χ1v) is 9.81. The molecule has 3 atom stereocenters. The Balaban J connectivity index is 1.48. The van der Waals surface area contributed by atoms with Crippen LogP contribution in [-0.2, 0) is 20.8 Å². The van der Waals surface area contributed by atoms with Crippen LogP contribution in [0.2, 0.25) is 0 Å². The number of rotatable bonds is 5. The number of likely N-dealkylation sites (tertiary alicyclic amines) is 1. The molecule has 1 N–H and O–H groups in total.